The van der Waals surface area contributed by atoms with Crippen LogP contribution in [-0.4, -0.2) is 48.8 Å². The van der Waals surface area contributed by atoms with Crippen LogP contribution >= 0.6 is 0 Å². The maximum atomic E-state index is 13.3. The van der Waals surface area contributed by atoms with Gasteiger partial charge in [0.15, 0.2) is 0 Å². The Morgan fingerprint density at radius 1 is 0.927 bits per heavy atom. The number of fused-ring (bicyclic) bond motifs is 2. The third-order valence-electron chi connectivity index (χ3n) is 7.24. The van der Waals surface area contributed by atoms with Gasteiger partial charge in [0.25, 0.3) is 11.8 Å². The zero-order chi connectivity index (χ0) is 29.2. The molecule has 0 radical (unpaired) electrons. The van der Waals surface area contributed by atoms with E-state index in [0.29, 0.717) is 36.6 Å². The van der Waals surface area contributed by atoms with Gasteiger partial charge in [-0.1, -0.05) is 80.6 Å². The summed E-state index contributed by atoms with van der Waals surface area (Å²) in [7, 11) is 0. The van der Waals surface area contributed by atoms with Crippen molar-refractivity contribution in [3.05, 3.63) is 118 Å². The first-order valence-corrected chi connectivity index (χ1v) is 14.3. The highest BCUT2D eigenvalue weighted by atomic mass is 16.5. The van der Waals surface area contributed by atoms with Crippen LogP contribution in [0.15, 0.2) is 84.9 Å². The van der Waals surface area contributed by atoms with E-state index in [1.807, 2.05) is 55.5 Å². The summed E-state index contributed by atoms with van der Waals surface area (Å²) in [6.45, 7) is 7.50. The minimum Gasteiger partial charge on any atom is -0.390 e. The van der Waals surface area contributed by atoms with Gasteiger partial charge in [-0.15, -0.1) is 0 Å². The van der Waals surface area contributed by atoms with E-state index in [-0.39, 0.29) is 31.0 Å². The van der Waals surface area contributed by atoms with Crippen molar-refractivity contribution < 1.29 is 19.4 Å². The van der Waals surface area contributed by atoms with Crippen LogP contribution in [0.3, 0.4) is 0 Å². The number of benzene rings is 3. The Bertz CT molecular complexity index is 1340. The van der Waals surface area contributed by atoms with Crippen molar-refractivity contribution in [1.29, 1.82) is 0 Å². The predicted octanol–water partition coefficient (Wildman–Crippen LogP) is 4.82. The number of hydrogen-bond donors (Lipinski definition) is 4. The van der Waals surface area contributed by atoms with Crippen molar-refractivity contribution in [2.24, 2.45) is 0 Å². The van der Waals surface area contributed by atoms with Crippen molar-refractivity contribution >= 4 is 11.8 Å². The average molecular weight is 556 g/mol. The summed E-state index contributed by atoms with van der Waals surface area (Å²) in [6, 6.07) is 22.4. The van der Waals surface area contributed by atoms with Crippen LogP contribution in [-0.2, 0) is 11.3 Å². The third-order valence-corrected chi connectivity index (χ3v) is 7.24. The number of ether oxygens (including phenoxy) is 1. The summed E-state index contributed by atoms with van der Waals surface area (Å²) in [4.78, 5) is 26.6. The summed E-state index contributed by atoms with van der Waals surface area (Å²) < 4.78 is 5.86. The Kier molecular flexibility index (Phi) is 10.8. The molecule has 0 saturated heterocycles. The van der Waals surface area contributed by atoms with Crippen LogP contribution in [0.25, 0.3) is 0 Å². The van der Waals surface area contributed by atoms with E-state index in [2.05, 4.69) is 48.0 Å². The molecule has 0 aliphatic carbocycles. The first-order valence-electron chi connectivity index (χ1n) is 14.3. The number of amides is 2. The lowest BCUT2D eigenvalue weighted by Crippen LogP contribution is -2.50. The van der Waals surface area contributed by atoms with Crippen LogP contribution in [0.2, 0.25) is 0 Å². The Hall–Kier alpha value is -3.78. The van der Waals surface area contributed by atoms with E-state index >= 15 is 0 Å². The maximum Gasteiger partial charge on any atom is 0.251 e. The average Bonchev–Trinajstić information content (AvgIpc) is 2.97. The second-order valence-corrected chi connectivity index (χ2v) is 10.9. The molecular formula is C34H41N3O4. The van der Waals surface area contributed by atoms with Crippen LogP contribution in [0, 0.1) is 6.92 Å². The van der Waals surface area contributed by atoms with Crippen molar-refractivity contribution in [2.75, 3.05) is 19.8 Å². The molecule has 216 valence electrons. The highest BCUT2D eigenvalue weighted by molar-refractivity contribution is 6.00. The van der Waals surface area contributed by atoms with Gasteiger partial charge in [-0.2, -0.15) is 0 Å². The summed E-state index contributed by atoms with van der Waals surface area (Å²) in [5.41, 5.74) is 4.95. The Morgan fingerprint density at radius 2 is 1.66 bits per heavy atom. The second-order valence-electron chi connectivity index (χ2n) is 10.9. The van der Waals surface area contributed by atoms with Crippen LogP contribution in [0.1, 0.15) is 75.2 Å². The van der Waals surface area contributed by atoms with E-state index in [9.17, 15) is 14.7 Å². The summed E-state index contributed by atoms with van der Waals surface area (Å²) in [6.07, 6.45) is 3.58. The third kappa shape index (κ3) is 8.85. The van der Waals surface area contributed by atoms with E-state index in [0.717, 1.165) is 16.7 Å². The molecule has 3 atom stereocenters. The van der Waals surface area contributed by atoms with Gasteiger partial charge in [-0.05, 0) is 59.7 Å². The van der Waals surface area contributed by atoms with Crippen molar-refractivity contribution in [1.82, 2.24) is 16.0 Å². The summed E-state index contributed by atoms with van der Waals surface area (Å²) in [5, 5.41) is 20.4. The second kappa shape index (κ2) is 14.7. The van der Waals surface area contributed by atoms with Gasteiger partial charge in [0.1, 0.15) is 0 Å². The zero-order valence-corrected chi connectivity index (χ0v) is 24.1. The molecule has 7 nitrogen and oxygen atoms in total. The lowest BCUT2D eigenvalue weighted by Gasteiger charge is -2.25. The molecule has 0 unspecified atom stereocenters. The first kappa shape index (κ1) is 30.2. The van der Waals surface area contributed by atoms with Crippen molar-refractivity contribution in [3.63, 3.8) is 0 Å². The molecule has 4 rings (SSSR count). The minimum atomic E-state index is -0.887. The molecule has 0 aromatic heterocycles. The van der Waals surface area contributed by atoms with Crippen molar-refractivity contribution in [2.45, 2.75) is 57.8 Å². The van der Waals surface area contributed by atoms with Gasteiger partial charge in [0.05, 0.1) is 31.4 Å². The van der Waals surface area contributed by atoms with E-state index in [4.69, 9.17) is 4.74 Å². The number of hydrogen-bond acceptors (Lipinski definition) is 5. The largest absolute Gasteiger partial charge is 0.390 e. The molecule has 0 spiro atoms. The Balaban J connectivity index is 1.49. The van der Waals surface area contributed by atoms with Crippen molar-refractivity contribution in [3.8, 4) is 0 Å². The molecule has 7 heteroatoms. The van der Waals surface area contributed by atoms with Gasteiger partial charge in [-0.3, -0.25) is 9.59 Å². The van der Waals surface area contributed by atoms with E-state index < -0.39 is 12.1 Å². The fraction of sp³-hybridized carbons (Fsp3) is 0.353. The Labute approximate surface area is 243 Å². The molecule has 2 amide bonds. The van der Waals surface area contributed by atoms with Gasteiger partial charge in [-0.25, -0.2) is 0 Å². The Morgan fingerprint density at radius 3 is 2.39 bits per heavy atom. The highest BCUT2D eigenvalue weighted by Crippen LogP contribution is 2.20. The van der Waals surface area contributed by atoms with Gasteiger partial charge >= 0.3 is 0 Å². The first-order chi connectivity index (χ1) is 19.8. The lowest BCUT2D eigenvalue weighted by atomic mass is 10.0. The zero-order valence-electron chi connectivity index (χ0n) is 24.1. The monoisotopic (exact) mass is 555 g/mol. The molecule has 0 fully saturated rings. The molecule has 3 aromatic rings. The fourth-order valence-electron chi connectivity index (χ4n) is 4.88. The summed E-state index contributed by atoms with van der Waals surface area (Å²) >= 11 is 0. The molecule has 1 aliphatic heterocycles. The van der Waals surface area contributed by atoms with Crippen LogP contribution in [0.4, 0.5) is 0 Å². The topological polar surface area (TPSA) is 99.7 Å². The number of aliphatic hydroxyl groups excluding tert-OH is 1. The molecule has 2 bridgehead atoms. The number of carbonyl (C=O) groups is 2. The standard InChI is InChI=1S/C34H41N3O4/c1-23(2)27-13-9-10-25(18-27)20-35-21-32(38)31-22-41-15-8-7-14-30(26-11-5-4-6-12-26)36-33(39)28-16-24(3)17-29(19-28)34(40)37-31/h4-13,16-19,23,30-32,35,38H,14-15,20-22H2,1-3H3,(H,36,39)(H,37,40)/b8-7+/t30-,31-,32+/m0/s1. The molecule has 4 N–H and O–H groups in total. The van der Waals surface area contributed by atoms with E-state index in [1.54, 1.807) is 18.2 Å². The predicted molar refractivity (Wildman–Crippen MR) is 162 cm³/mol. The maximum absolute atomic E-state index is 13.3. The number of aryl methyl sites for hydroxylation is 1. The molecular weight excluding hydrogens is 514 g/mol. The molecule has 1 heterocycles. The lowest BCUT2D eigenvalue weighted by molar-refractivity contribution is 0.0516. The number of nitrogens with one attached hydrogen (secondary N) is 3. The quantitative estimate of drug-likeness (QED) is 0.314. The SMILES string of the molecule is Cc1cc2cc(c1)C(=O)N[C@H]([C@H](O)CNCc1cccc(C(C)C)c1)COC/C=C/C[C@@H](c1ccccc1)NC2=O. The van der Waals surface area contributed by atoms with Crippen LogP contribution in [0.5, 0.6) is 0 Å². The van der Waals surface area contributed by atoms with E-state index in [1.165, 1.54) is 5.56 Å². The van der Waals surface area contributed by atoms with Gasteiger partial charge < -0.3 is 25.8 Å². The highest BCUT2D eigenvalue weighted by Gasteiger charge is 2.24. The summed E-state index contributed by atoms with van der Waals surface area (Å²) in [5.74, 6) is -0.183. The number of rotatable bonds is 7. The number of aliphatic hydroxyl groups is 1. The van der Waals surface area contributed by atoms with Crippen LogP contribution < -0.4 is 16.0 Å². The molecule has 0 saturated carbocycles. The smallest absolute Gasteiger partial charge is 0.251 e. The van der Waals surface area contributed by atoms with Gasteiger partial charge in [0.2, 0.25) is 0 Å². The molecule has 3 aromatic carbocycles. The minimum absolute atomic E-state index is 0.139. The molecule has 1 aliphatic rings. The normalized spacial score (nSPS) is 19.9. The fourth-order valence-corrected chi connectivity index (χ4v) is 4.88. The van der Waals surface area contributed by atoms with Gasteiger partial charge in [0, 0.05) is 24.2 Å². The number of carbonyl (C=O) groups excluding carboxylic acids is 2. The molecule has 41 heavy (non-hydrogen) atoms.